The van der Waals surface area contributed by atoms with Gasteiger partial charge in [-0.05, 0) is 42.9 Å². The molecule has 0 saturated heterocycles. The molecule has 0 radical (unpaired) electrons. The zero-order valence-electron chi connectivity index (χ0n) is 9.71. The summed E-state index contributed by atoms with van der Waals surface area (Å²) in [4.78, 5) is 0. The summed E-state index contributed by atoms with van der Waals surface area (Å²) >= 11 is 0. The Morgan fingerprint density at radius 3 is 2.50 bits per heavy atom. The standard InChI is InChI=1S/C12H24O2/c1-11(2)7-5-10(14)9-12(11,3)6-4-8-13/h10,13-14H,4-9H2,1-3H3/t10-,12-/m0/s1. The zero-order chi connectivity index (χ0) is 10.8. The molecular weight excluding hydrogens is 176 g/mol. The lowest BCUT2D eigenvalue weighted by molar-refractivity contribution is -0.0450. The van der Waals surface area contributed by atoms with Gasteiger partial charge in [0.2, 0.25) is 0 Å². The highest BCUT2D eigenvalue weighted by atomic mass is 16.3. The van der Waals surface area contributed by atoms with Gasteiger partial charge in [0.15, 0.2) is 0 Å². The van der Waals surface area contributed by atoms with Gasteiger partial charge in [-0.1, -0.05) is 20.8 Å². The first-order valence-corrected chi connectivity index (χ1v) is 5.70. The summed E-state index contributed by atoms with van der Waals surface area (Å²) in [5, 5.41) is 18.6. The molecule has 1 fully saturated rings. The molecule has 0 unspecified atom stereocenters. The average molecular weight is 200 g/mol. The summed E-state index contributed by atoms with van der Waals surface area (Å²) in [6, 6.07) is 0. The smallest absolute Gasteiger partial charge is 0.0545 e. The fourth-order valence-corrected chi connectivity index (χ4v) is 2.64. The monoisotopic (exact) mass is 200 g/mol. The van der Waals surface area contributed by atoms with E-state index in [1.54, 1.807) is 0 Å². The van der Waals surface area contributed by atoms with Crippen LogP contribution in [0.4, 0.5) is 0 Å². The van der Waals surface area contributed by atoms with Crippen LogP contribution < -0.4 is 0 Å². The van der Waals surface area contributed by atoms with Crippen molar-refractivity contribution in [3.63, 3.8) is 0 Å². The van der Waals surface area contributed by atoms with Gasteiger partial charge in [0, 0.05) is 6.61 Å². The summed E-state index contributed by atoms with van der Waals surface area (Å²) in [6.45, 7) is 7.10. The summed E-state index contributed by atoms with van der Waals surface area (Å²) < 4.78 is 0. The van der Waals surface area contributed by atoms with E-state index >= 15 is 0 Å². The topological polar surface area (TPSA) is 40.5 Å². The zero-order valence-corrected chi connectivity index (χ0v) is 9.71. The molecule has 0 heterocycles. The van der Waals surface area contributed by atoms with Gasteiger partial charge in [-0.3, -0.25) is 0 Å². The molecule has 0 aromatic rings. The Morgan fingerprint density at radius 2 is 1.93 bits per heavy atom. The molecule has 1 aliphatic rings. The van der Waals surface area contributed by atoms with Crippen LogP contribution in [-0.2, 0) is 0 Å². The van der Waals surface area contributed by atoms with Crippen LogP contribution in [0.1, 0.15) is 52.9 Å². The summed E-state index contributed by atoms with van der Waals surface area (Å²) in [5.41, 5.74) is 0.481. The lowest BCUT2D eigenvalue weighted by Gasteiger charge is -2.50. The van der Waals surface area contributed by atoms with Gasteiger partial charge in [0.1, 0.15) is 0 Å². The van der Waals surface area contributed by atoms with Crippen molar-refractivity contribution in [1.29, 1.82) is 0 Å². The maximum Gasteiger partial charge on any atom is 0.0545 e. The first kappa shape index (κ1) is 12.0. The van der Waals surface area contributed by atoms with E-state index in [0.717, 1.165) is 32.1 Å². The van der Waals surface area contributed by atoms with Crippen LogP contribution in [0.15, 0.2) is 0 Å². The Labute approximate surface area is 87.3 Å². The Bertz CT molecular complexity index is 189. The molecular formula is C12H24O2. The highest BCUT2D eigenvalue weighted by molar-refractivity contribution is 4.95. The van der Waals surface area contributed by atoms with Crippen molar-refractivity contribution in [3.8, 4) is 0 Å². The SMILES string of the molecule is CC1(C)CC[C@H](O)C[C@]1(C)CCCO. The predicted octanol–water partition coefficient (Wildman–Crippen LogP) is 2.34. The maximum absolute atomic E-state index is 9.71. The Balaban J connectivity index is 2.68. The molecule has 0 amide bonds. The highest BCUT2D eigenvalue weighted by Crippen LogP contribution is 2.52. The van der Waals surface area contributed by atoms with Gasteiger partial charge in [-0.15, -0.1) is 0 Å². The van der Waals surface area contributed by atoms with Crippen molar-refractivity contribution in [1.82, 2.24) is 0 Å². The Morgan fingerprint density at radius 1 is 1.29 bits per heavy atom. The molecule has 1 saturated carbocycles. The average Bonchev–Trinajstić information content (AvgIpc) is 2.10. The van der Waals surface area contributed by atoms with E-state index < -0.39 is 0 Å². The Kier molecular flexibility index (Phi) is 3.59. The van der Waals surface area contributed by atoms with E-state index in [1.165, 1.54) is 0 Å². The van der Waals surface area contributed by atoms with Gasteiger partial charge in [0.05, 0.1) is 6.10 Å². The lowest BCUT2D eigenvalue weighted by Crippen LogP contribution is -2.43. The molecule has 14 heavy (non-hydrogen) atoms. The van der Waals surface area contributed by atoms with Crippen molar-refractivity contribution in [2.75, 3.05) is 6.61 Å². The fraction of sp³-hybridized carbons (Fsp3) is 1.00. The van der Waals surface area contributed by atoms with Gasteiger partial charge in [-0.25, -0.2) is 0 Å². The van der Waals surface area contributed by atoms with Gasteiger partial charge < -0.3 is 10.2 Å². The van der Waals surface area contributed by atoms with Crippen molar-refractivity contribution < 1.29 is 10.2 Å². The van der Waals surface area contributed by atoms with Gasteiger partial charge in [-0.2, -0.15) is 0 Å². The van der Waals surface area contributed by atoms with Crippen molar-refractivity contribution in [2.24, 2.45) is 10.8 Å². The molecule has 84 valence electrons. The van der Waals surface area contributed by atoms with Crippen molar-refractivity contribution in [2.45, 2.75) is 59.0 Å². The minimum absolute atomic E-state index is 0.133. The number of aliphatic hydroxyl groups excluding tert-OH is 2. The second-order valence-electron chi connectivity index (χ2n) is 5.67. The van der Waals surface area contributed by atoms with Crippen LogP contribution in [0.3, 0.4) is 0 Å². The quantitative estimate of drug-likeness (QED) is 0.734. The lowest BCUT2D eigenvalue weighted by atomic mass is 9.56. The van der Waals surface area contributed by atoms with Crippen molar-refractivity contribution >= 4 is 0 Å². The number of hydrogen-bond donors (Lipinski definition) is 2. The first-order chi connectivity index (χ1) is 6.41. The third kappa shape index (κ3) is 2.29. The van der Waals surface area contributed by atoms with Crippen LogP contribution >= 0.6 is 0 Å². The first-order valence-electron chi connectivity index (χ1n) is 5.70. The summed E-state index contributed by atoms with van der Waals surface area (Å²) in [5.74, 6) is 0. The molecule has 0 aliphatic heterocycles. The third-order valence-corrected chi connectivity index (χ3v) is 4.31. The predicted molar refractivity (Wildman–Crippen MR) is 58.1 cm³/mol. The Hall–Kier alpha value is -0.0800. The molecule has 2 N–H and O–H groups in total. The van der Waals surface area contributed by atoms with Crippen molar-refractivity contribution in [3.05, 3.63) is 0 Å². The highest BCUT2D eigenvalue weighted by Gasteiger charge is 2.44. The molecule has 2 atom stereocenters. The van der Waals surface area contributed by atoms with E-state index in [9.17, 15) is 5.11 Å². The maximum atomic E-state index is 9.71. The summed E-state index contributed by atoms with van der Waals surface area (Å²) in [7, 11) is 0. The number of aliphatic hydroxyl groups is 2. The van der Waals surface area contributed by atoms with Crippen LogP contribution in [0, 0.1) is 10.8 Å². The van der Waals surface area contributed by atoms with E-state index in [1.807, 2.05) is 0 Å². The molecule has 0 aromatic carbocycles. The third-order valence-electron chi connectivity index (χ3n) is 4.31. The van der Waals surface area contributed by atoms with Gasteiger partial charge in [0.25, 0.3) is 0 Å². The van der Waals surface area contributed by atoms with Crippen LogP contribution in [0.25, 0.3) is 0 Å². The minimum Gasteiger partial charge on any atom is -0.396 e. The normalized spacial score (nSPS) is 37.1. The number of rotatable bonds is 3. The van der Waals surface area contributed by atoms with E-state index in [0.29, 0.717) is 5.41 Å². The molecule has 2 nitrogen and oxygen atoms in total. The number of hydrogen-bond acceptors (Lipinski definition) is 2. The molecule has 2 heteroatoms. The molecule has 0 spiro atoms. The van der Waals surface area contributed by atoms with Crippen LogP contribution in [0.5, 0.6) is 0 Å². The van der Waals surface area contributed by atoms with E-state index in [-0.39, 0.29) is 18.1 Å². The molecule has 1 aliphatic carbocycles. The fourth-order valence-electron chi connectivity index (χ4n) is 2.64. The second-order valence-corrected chi connectivity index (χ2v) is 5.67. The van der Waals surface area contributed by atoms with E-state index in [4.69, 9.17) is 5.11 Å². The molecule has 0 aromatic heterocycles. The minimum atomic E-state index is -0.133. The molecule has 1 rings (SSSR count). The second kappa shape index (κ2) is 4.19. The van der Waals surface area contributed by atoms with Crippen LogP contribution in [-0.4, -0.2) is 22.9 Å². The van der Waals surface area contributed by atoms with E-state index in [2.05, 4.69) is 20.8 Å². The summed E-state index contributed by atoms with van der Waals surface area (Å²) in [6.07, 6.45) is 4.66. The van der Waals surface area contributed by atoms with Gasteiger partial charge >= 0.3 is 0 Å². The molecule has 0 bridgehead atoms. The van der Waals surface area contributed by atoms with Crippen LogP contribution in [0.2, 0.25) is 0 Å². The largest absolute Gasteiger partial charge is 0.396 e.